The van der Waals surface area contributed by atoms with Crippen LogP contribution in [0.25, 0.3) is 0 Å². The van der Waals surface area contributed by atoms with E-state index in [1.165, 1.54) is 34.0 Å². The lowest BCUT2D eigenvalue weighted by molar-refractivity contribution is -0.135. The van der Waals surface area contributed by atoms with E-state index in [0.717, 1.165) is 12.0 Å². The van der Waals surface area contributed by atoms with Crippen molar-refractivity contribution < 1.29 is 23.1 Å². The Morgan fingerprint density at radius 1 is 1.17 bits per heavy atom. The predicted molar refractivity (Wildman–Crippen MR) is 136 cm³/mol. The van der Waals surface area contributed by atoms with Crippen LogP contribution in [0.4, 0.5) is 8.78 Å². The molecule has 0 aliphatic carbocycles. The topological polar surface area (TPSA) is 49.9 Å². The second-order valence-electron chi connectivity index (χ2n) is 9.10. The van der Waals surface area contributed by atoms with Crippen molar-refractivity contribution in [2.24, 2.45) is 5.92 Å². The van der Waals surface area contributed by atoms with Crippen molar-refractivity contribution >= 4 is 23.2 Å². The number of para-hydroxylation sites is 1. The lowest BCUT2D eigenvalue weighted by atomic mass is 10.00. The lowest BCUT2D eigenvalue weighted by Crippen LogP contribution is -2.48. The normalized spacial score (nSPS) is 15.8. The van der Waals surface area contributed by atoms with Crippen molar-refractivity contribution in [3.8, 4) is 5.75 Å². The molecule has 0 saturated carbocycles. The van der Waals surface area contributed by atoms with E-state index in [9.17, 15) is 18.4 Å². The first kappa shape index (κ1) is 25.8. The average Bonchev–Trinajstić information content (AvgIpc) is 3.36. The van der Waals surface area contributed by atoms with E-state index in [1.54, 1.807) is 40.5 Å². The number of carbonyl (C=O) groups excluding carboxylic acids is 2. The Labute approximate surface area is 214 Å². The minimum Gasteiger partial charge on any atom is -0.488 e. The molecular formula is C28H30F2N2O3S. The Bertz CT molecular complexity index is 1210. The fourth-order valence-electron chi connectivity index (χ4n) is 4.39. The maximum atomic E-state index is 14.2. The minimum atomic E-state index is -0.498. The molecule has 2 amide bonds. The van der Waals surface area contributed by atoms with Gasteiger partial charge in [0, 0.05) is 23.5 Å². The van der Waals surface area contributed by atoms with Gasteiger partial charge in [-0.15, -0.1) is 11.3 Å². The number of rotatable bonds is 9. The number of hydrogen-bond acceptors (Lipinski definition) is 4. The second-order valence-corrected chi connectivity index (χ2v) is 10.1. The van der Waals surface area contributed by atoms with Crippen molar-refractivity contribution in [3.63, 3.8) is 0 Å². The van der Waals surface area contributed by atoms with Crippen molar-refractivity contribution in [1.82, 2.24) is 9.80 Å². The summed E-state index contributed by atoms with van der Waals surface area (Å²) in [7, 11) is 0. The highest BCUT2D eigenvalue weighted by Gasteiger charge is 2.34. The van der Waals surface area contributed by atoms with Crippen LogP contribution in [-0.2, 0) is 11.2 Å². The zero-order valence-electron chi connectivity index (χ0n) is 20.5. The molecule has 0 fully saturated rings. The van der Waals surface area contributed by atoms with Gasteiger partial charge in [0.1, 0.15) is 19.0 Å². The van der Waals surface area contributed by atoms with Crippen molar-refractivity contribution in [3.05, 3.63) is 87.6 Å². The van der Waals surface area contributed by atoms with Crippen LogP contribution in [-0.4, -0.2) is 47.9 Å². The van der Waals surface area contributed by atoms with Crippen LogP contribution >= 0.6 is 11.3 Å². The molecule has 0 N–H and O–H groups in total. The van der Waals surface area contributed by atoms with Gasteiger partial charge < -0.3 is 14.5 Å². The van der Waals surface area contributed by atoms with Crippen LogP contribution in [0.15, 0.2) is 60.0 Å². The highest BCUT2D eigenvalue weighted by Crippen LogP contribution is 2.34. The van der Waals surface area contributed by atoms with E-state index < -0.39 is 17.7 Å². The van der Waals surface area contributed by atoms with Crippen LogP contribution in [0.5, 0.6) is 5.75 Å². The largest absolute Gasteiger partial charge is 0.488 e. The van der Waals surface area contributed by atoms with E-state index in [1.807, 2.05) is 25.3 Å². The van der Waals surface area contributed by atoms with Gasteiger partial charge in [-0.1, -0.05) is 38.5 Å². The zero-order valence-corrected chi connectivity index (χ0v) is 21.3. The molecule has 0 bridgehead atoms. The van der Waals surface area contributed by atoms with Gasteiger partial charge in [0.2, 0.25) is 5.91 Å². The number of amides is 2. The summed E-state index contributed by atoms with van der Waals surface area (Å²) in [5, 5.41) is 1.98. The van der Waals surface area contributed by atoms with Crippen LogP contribution in [0.1, 0.15) is 47.1 Å². The van der Waals surface area contributed by atoms with Gasteiger partial charge in [-0.3, -0.25) is 9.59 Å². The van der Waals surface area contributed by atoms with E-state index in [2.05, 4.69) is 0 Å². The molecule has 36 heavy (non-hydrogen) atoms. The Morgan fingerprint density at radius 3 is 2.72 bits per heavy atom. The highest BCUT2D eigenvalue weighted by molar-refractivity contribution is 7.10. The van der Waals surface area contributed by atoms with E-state index in [4.69, 9.17) is 4.74 Å². The number of benzene rings is 2. The number of nitrogens with zero attached hydrogens (tertiary/aromatic N) is 2. The Balaban J connectivity index is 1.55. The Kier molecular flexibility index (Phi) is 8.36. The van der Waals surface area contributed by atoms with Crippen molar-refractivity contribution in [2.75, 3.05) is 26.2 Å². The summed E-state index contributed by atoms with van der Waals surface area (Å²) in [5.41, 5.74) is 1.20. The molecule has 190 valence electrons. The predicted octanol–water partition coefficient (Wildman–Crippen LogP) is 5.72. The average molecular weight is 513 g/mol. The van der Waals surface area contributed by atoms with E-state index in [0.29, 0.717) is 19.5 Å². The number of ether oxygens (including phenoxy) is 1. The molecule has 2 heterocycles. The first-order valence-corrected chi connectivity index (χ1v) is 13.0. The Hall–Kier alpha value is -3.26. The molecule has 5 nitrogen and oxygen atoms in total. The molecule has 3 aromatic rings. The van der Waals surface area contributed by atoms with Crippen LogP contribution in [0.3, 0.4) is 0 Å². The minimum absolute atomic E-state index is 0.0968. The van der Waals surface area contributed by atoms with Gasteiger partial charge in [-0.05, 0) is 59.7 Å². The third-order valence-corrected chi connectivity index (χ3v) is 7.56. The smallest absolute Gasteiger partial charge is 0.254 e. The molecule has 1 aliphatic rings. The first-order valence-electron chi connectivity index (χ1n) is 12.1. The molecule has 0 unspecified atom stereocenters. The number of hydrogen-bond donors (Lipinski definition) is 0. The summed E-state index contributed by atoms with van der Waals surface area (Å²) in [6, 6.07) is 13.3. The van der Waals surface area contributed by atoms with E-state index >= 15 is 0 Å². The maximum absolute atomic E-state index is 14.2. The summed E-state index contributed by atoms with van der Waals surface area (Å²) in [6.45, 7) is 4.86. The highest BCUT2D eigenvalue weighted by atomic mass is 32.1. The monoisotopic (exact) mass is 512 g/mol. The van der Waals surface area contributed by atoms with Crippen LogP contribution in [0, 0.1) is 17.6 Å². The summed E-state index contributed by atoms with van der Waals surface area (Å²) >= 11 is 1.63. The maximum Gasteiger partial charge on any atom is 0.254 e. The van der Waals surface area contributed by atoms with Gasteiger partial charge in [-0.2, -0.15) is 0 Å². The lowest BCUT2D eigenvalue weighted by Gasteiger charge is -2.37. The number of halogens is 2. The molecule has 0 saturated heterocycles. The molecule has 1 aliphatic heterocycles. The van der Waals surface area contributed by atoms with Crippen molar-refractivity contribution in [2.45, 2.75) is 32.7 Å². The molecular weight excluding hydrogens is 482 g/mol. The number of carbonyl (C=O) groups is 2. The quantitative estimate of drug-likeness (QED) is 0.369. The van der Waals surface area contributed by atoms with Crippen LogP contribution < -0.4 is 4.74 Å². The third-order valence-electron chi connectivity index (χ3n) is 6.56. The van der Waals surface area contributed by atoms with E-state index in [-0.39, 0.29) is 42.2 Å². The van der Waals surface area contributed by atoms with Gasteiger partial charge in [-0.25, -0.2) is 8.78 Å². The summed E-state index contributed by atoms with van der Waals surface area (Å²) in [4.78, 5) is 31.3. The summed E-state index contributed by atoms with van der Waals surface area (Å²) in [5.74, 6) is -1.26. The van der Waals surface area contributed by atoms with Gasteiger partial charge in [0.25, 0.3) is 5.91 Å². The molecule has 1 aromatic heterocycles. The third kappa shape index (κ3) is 5.93. The molecule has 0 spiro atoms. The van der Waals surface area contributed by atoms with Crippen molar-refractivity contribution in [1.29, 1.82) is 0 Å². The first-order chi connectivity index (χ1) is 17.4. The molecule has 2 atom stereocenters. The number of fused-ring (bicyclic) bond motifs is 1. The fraction of sp³-hybridized carbons (Fsp3) is 0.357. The van der Waals surface area contributed by atoms with Crippen LogP contribution in [0.2, 0.25) is 0 Å². The summed E-state index contributed by atoms with van der Waals surface area (Å²) < 4.78 is 33.8. The zero-order chi connectivity index (χ0) is 25.7. The SMILES string of the molecule is CC[C@@H](C)CN(CC(=O)N1CCc2sccc2[C@H]1COc1ccccc1F)C(=O)c1cccc(F)c1. The van der Waals surface area contributed by atoms with Gasteiger partial charge in [0.15, 0.2) is 11.6 Å². The molecule has 4 rings (SSSR count). The molecule has 0 radical (unpaired) electrons. The molecule has 2 aromatic carbocycles. The summed E-state index contributed by atoms with van der Waals surface area (Å²) in [6.07, 6.45) is 1.54. The Morgan fingerprint density at radius 2 is 1.97 bits per heavy atom. The second kappa shape index (κ2) is 11.6. The fourth-order valence-corrected chi connectivity index (χ4v) is 5.32. The molecule has 8 heteroatoms. The van der Waals surface area contributed by atoms with Gasteiger partial charge >= 0.3 is 0 Å². The number of thiophene rings is 1. The standard InChI is InChI=1S/C28H30F2N2O3S/c1-3-19(2)16-31(28(34)20-7-6-8-21(29)15-20)17-27(33)32-13-11-26-22(12-14-36-26)24(32)18-35-25-10-5-4-9-23(25)30/h4-10,12,14-15,19,24H,3,11,13,16-18H2,1-2H3/t19-,24-/m1/s1. The van der Waals surface area contributed by atoms with Gasteiger partial charge in [0.05, 0.1) is 6.04 Å².